The van der Waals surface area contributed by atoms with Gasteiger partial charge in [-0.1, -0.05) is 6.92 Å². The molecule has 0 saturated heterocycles. The van der Waals surface area contributed by atoms with E-state index in [0.717, 1.165) is 30.8 Å². The molecule has 88 valence electrons. The first-order chi connectivity index (χ1) is 7.74. The molecule has 0 atom stereocenters. The number of hydrogen-bond donors (Lipinski definition) is 2. The van der Waals surface area contributed by atoms with Gasteiger partial charge in [0.1, 0.15) is 11.4 Å². The van der Waals surface area contributed by atoms with Crippen molar-refractivity contribution in [3.8, 4) is 0 Å². The first-order valence-corrected chi connectivity index (χ1v) is 5.64. The molecule has 0 aliphatic heterocycles. The lowest BCUT2D eigenvalue weighted by atomic mass is 9.79. The van der Waals surface area contributed by atoms with Crippen molar-refractivity contribution in [1.82, 2.24) is 9.97 Å². The molecule has 1 aliphatic rings. The summed E-state index contributed by atoms with van der Waals surface area (Å²) >= 11 is 0. The first kappa shape index (κ1) is 11.3. The molecule has 3 N–H and O–H groups in total. The third kappa shape index (κ3) is 1.76. The van der Waals surface area contributed by atoms with Gasteiger partial charge >= 0.3 is 0 Å². The fraction of sp³-hybridized carbons (Fsp3) is 0.636. The summed E-state index contributed by atoms with van der Waals surface area (Å²) in [5, 5.41) is 0. The van der Waals surface area contributed by atoms with Gasteiger partial charge in [0.05, 0.1) is 0 Å². The maximum absolute atomic E-state index is 5.57. The Morgan fingerprint density at radius 3 is 2.69 bits per heavy atom. The zero-order chi connectivity index (χ0) is 11.6. The van der Waals surface area contributed by atoms with Gasteiger partial charge in [0.15, 0.2) is 5.82 Å². The molecule has 1 fully saturated rings. The summed E-state index contributed by atoms with van der Waals surface area (Å²) < 4.78 is 5.57. The number of nitrogens with two attached hydrogens (primary N) is 1. The van der Waals surface area contributed by atoms with E-state index in [0.29, 0.717) is 5.82 Å². The quantitative estimate of drug-likeness (QED) is 0.594. The highest BCUT2D eigenvalue weighted by molar-refractivity contribution is 5.35. The minimum atomic E-state index is -0.281. The van der Waals surface area contributed by atoms with E-state index in [2.05, 4.69) is 22.3 Å². The lowest BCUT2D eigenvalue weighted by Crippen LogP contribution is -2.38. The fourth-order valence-corrected chi connectivity index (χ4v) is 1.97. The number of nitrogen functional groups attached to an aromatic ring is 1. The number of hydrogen-bond acceptors (Lipinski definition) is 5. The highest BCUT2D eigenvalue weighted by atomic mass is 16.5. The Kier molecular flexibility index (Phi) is 3.07. The largest absolute Gasteiger partial charge is 0.370 e. The maximum atomic E-state index is 5.57. The maximum Gasteiger partial charge on any atom is 0.162 e. The number of aryl methyl sites for hydroxylation is 1. The second-order valence-electron chi connectivity index (χ2n) is 4.12. The van der Waals surface area contributed by atoms with Crippen LogP contribution in [0.1, 0.15) is 37.7 Å². The lowest BCUT2D eigenvalue weighted by Gasteiger charge is -2.39. The Bertz CT molecular complexity index is 348. The van der Waals surface area contributed by atoms with E-state index in [1.165, 1.54) is 6.42 Å². The molecule has 0 amide bonds. The van der Waals surface area contributed by atoms with Crippen LogP contribution in [0.2, 0.25) is 0 Å². The van der Waals surface area contributed by atoms with Gasteiger partial charge in [0.2, 0.25) is 0 Å². The topological polar surface area (TPSA) is 73.1 Å². The van der Waals surface area contributed by atoms with Crippen molar-refractivity contribution >= 4 is 5.82 Å². The number of aromatic nitrogens is 2. The first-order valence-electron chi connectivity index (χ1n) is 5.64. The second kappa shape index (κ2) is 4.35. The highest BCUT2D eigenvalue weighted by Crippen LogP contribution is 2.42. The van der Waals surface area contributed by atoms with Gasteiger partial charge < -0.3 is 10.2 Å². The summed E-state index contributed by atoms with van der Waals surface area (Å²) in [4.78, 5) is 8.93. The molecular weight excluding hydrogens is 204 g/mol. The Morgan fingerprint density at radius 2 is 2.25 bits per heavy atom. The highest BCUT2D eigenvalue weighted by Gasteiger charge is 2.42. The van der Waals surface area contributed by atoms with Crippen molar-refractivity contribution in [3.05, 3.63) is 17.6 Å². The third-order valence-corrected chi connectivity index (χ3v) is 3.25. The summed E-state index contributed by atoms with van der Waals surface area (Å²) in [6, 6.07) is 1.87. The molecule has 5 nitrogen and oxygen atoms in total. The molecule has 1 heterocycles. The van der Waals surface area contributed by atoms with E-state index >= 15 is 0 Å². The van der Waals surface area contributed by atoms with Crippen LogP contribution in [0.4, 0.5) is 5.82 Å². The summed E-state index contributed by atoms with van der Waals surface area (Å²) in [7, 11) is 1.72. The average Bonchev–Trinajstić information content (AvgIpc) is 2.28. The molecule has 0 bridgehead atoms. The average molecular weight is 222 g/mol. The van der Waals surface area contributed by atoms with Gasteiger partial charge in [-0.25, -0.2) is 15.8 Å². The number of methoxy groups -OCH3 is 1. The Labute approximate surface area is 95.4 Å². The third-order valence-electron chi connectivity index (χ3n) is 3.25. The molecule has 1 aromatic rings. The fourth-order valence-electron chi connectivity index (χ4n) is 1.97. The molecule has 0 unspecified atom stereocenters. The molecule has 2 rings (SSSR count). The number of nitrogens with one attached hydrogen (secondary N) is 1. The van der Waals surface area contributed by atoms with Crippen LogP contribution in [-0.4, -0.2) is 17.1 Å². The van der Waals surface area contributed by atoms with E-state index in [-0.39, 0.29) is 5.60 Å². The van der Waals surface area contributed by atoms with E-state index in [4.69, 9.17) is 10.6 Å². The summed E-state index contributed by atoms with van der Waals surface area (Å²) in [5.74, 6) is 6.82. The normalized spacial score (nSPS) is 17.9. The monoisotopic (exact) mass is 222 g/mol. The van der Waals surface area contributed by atoms with Crippen LogP contribution in [0, 0.1) is 0 Å². The van der Waals surface area contributed by atoms with E-state index in [9.17, 15) is 0 Å². The van der Waals surface area contributed by atoms with Gasteiger partial charge in [0.25, 0.3) is 0 Å². The second-order valence-corrected chi connectivity index (χ2v) is 4.12. The number of ether oxygens (including phenoxy) is 1. The van der Waals surface area contributed by atoms with Crippen LogP contribution >= 0.6 is 0 Å². The molecule has 1 aliphatic carbocycles. The molecule has 1 saturated carbocycles. The zero-order valence-corrected chi connectivity index (χ0v) is 9.79. The molecule has 0 spiro atoms. The van der Waals surface area contributed by atoms with Gasteiger partial charge in [-0.05, 0) is 25.7 Å². The SMILES string of the molecule is CCc1cc(NN)nc(C2(OC)CCC2)n1. The van der Waals surface area contributed by atoms with E-state index in [1.54, 1.807) is 7.11 Å². The minimum Gasteiger partial charge on any atom is -0.370 e. The summed E-state index contributed by atoms with van der Waals surface area (Å²) in [5.41, 5.74) is 3.29. The van der Waals surface area contributed by atoms with Gasteiger partial charge in [-0.15, -0.1) is 0 Å². The van der Waals surface area contributed by atoms with Crippen LogP contribution < -0.4 is 11.3 Å². The van der Waals surface area contributed by atoms with Crippen LogP contribution in [0.5, 0.6) is 0 Å². The molecule has 16 heavy (non-hydrogen) atoms. The predicted molar refractivity (Wildman–Crippen MR) is 61.8 cm³/mol. The molecular formula is C11H18N4O. The van der Waals surface area contributed by atoms with Crippen LogP contribution in [0.15, 0.2) is 6.07 Å². The van der Waals surface area contributed by atoms with Crippen molar-refractivity contribution in [2.45, 2.75) is 38.2 Å². The standard InChI is InChI=1S/C11H18N4O/c1-3-8-7-9(15-12)14-10(13-8)11(16-2)5-4-6-11/h7H,3-6,12H2,1-2H3,(H,13,14,15). The zero-order valence-electron chi connectivity index (χ0n) is 9.79. The van der Waals surface area contributed by atoms with Gasteiger partial charge in [-0.2, -0.15) is 0 Å². The lowest BCUT2D eigenvalue weighted by molar-refractivity contribution is -0.0846. The molecule has 0 radical (unpaired) electrons. The Morgan fingerprint density at radius 1 is 1.50 bits per heavy atom. The van der Waals surface area contributed by atoms with E-state index in [1.807, 2.05) is 6.07 Å². The number of hydrazine groups is 1. The minimum absolute atomic E-state index is 0.281. The van der Waals surface area contributed by atoms with E-state index < -0.39 is 0 Å². The van der Waals surface area contributed by atoms with Crippen LogP contribution in [0.3, 0.4) is 0 Å². The number of nitrogens with zero attached hydrogens (tertiary/aromatic N) is 2. The molecule has 5 heteroatoms. The van der Waals surface area contributed by atoms with Gasteiger partial charge in [-0.3, -0.25) is 0 Å². The predicted octanol–water partition coefficient (Wildman–Crippen LogP) is 1.35. The van der Waals surface area contributed by atoms with Crippen molar-refractivity contribution in [2.75, 3.05) is 12.5 Å². The summed E-state index contributed by atoms with van der Waals surface area (Å²) in [6.45, 7) is 2.06. The van der Waals surface area contributed by atoms with Crippen molar-refractivity contribution in [1.29, 1.82) is 0 Å². The molecule has 0 aromatic carbocycles. The number of anilines is 1. The van der Waals surface area contributed by atoms with Crippen LogP contribution in [0.25, 0.3) is 0 Å². The van der Waals surface area contributed by atoms with Crippen molar-refractivity contribution < 1.29 is 4.74 Å². The van der Waals surface area contributed by atoms with Crippen molar-refractivity contribution in [2.24, 2.45) is 5.84 Å². The Balaban J connectivity index is 2.39. The number of rotatable bonds is 4. The van der Waals surface area contributed by atoms with Gasteiger partial charge in [0, 0.05) is 18.9 Å². The Hall–Kier alpha value is -1.20. The molecule has 1 aromatic heterocycles. The summed E-state index contributed by atoms with van der Waals surface area (Å²) in [6.07, 6.45) is 4.00. The van der Waals surface area contributed by atoms with Crippen molar-refractivity contribution in [3.63, 3.8) is 0 Å². The smallest absolute Gasteiger partial charge is 0.162 e. The van der Waals surface area contributed by atoms with Crippen LogP contribution in [-0.2, 0) is 16.8 Å².